The second kappa shape index (κ2) is 4.97. The maximum absolute atomic E-state index is 2.90. The molecule has 0 fully saturated rings. The van der Waals surface area contributed by atoms with Crippen molar-refractivity contribution in [1.29, 1.82) is 0 Å². The van der Waals surface area contributed by atoms with Gasteiger partial charge in [0, 0.05) is 7.05 Å². The molecule has 0 saturated carbocycles. The molecule has 2 heteroatoms. The van der Waals surface area contributed by atoms with Gasteiger partial charge in [-0.2, -0.15) is 0 Å². The van der Waals surface area contributed by atoms with E-state index in [4.69, 9.17) is 0 Å². The van der Waals surface area contributed by atoms with Gasteiger partial charge in [-0.1, -0.05) is 0 Å². The fraction of sp³-hybridized carbons (Fsp3) is 0.500. The molecule has 0 heterocycles. The lowest BCUT2D eigenvalue weighted by Gasteiger charge is -1.79. The van der Waals surface area contributed by atoms with E-state index in [1.807, 2.05) is 13.2 Å². The van der Waals surface area contributed by atoms with Crippen molar-refractivity contribution in [2.75, 3.05) is 13.7 Å². The summed E-state index contributed by atoms with van der Waals surface area (Å²) in [4.78, 5) is 0. The summed E-state index contributed by atoms with van der Waals surface area (Å²) >= 11 is 0. The van der Waals surface area contributed by atoms with Gasteiger partial charge in [0.1, 0.15) is 0 Å². The molecule has 1 N–H and O–H groups in total. The summed E-state index contributed by atoms with van der Waals surface area (Å²) in [6, 6.07) is 0. The zero-order valence-electron chi connectivity index (χ0n) is 4.15. The minimum Gasteiger partial charge on any atom is -0.394 e. The van der Waals surface area contributed by atoms with Crippen LogP contribution < -0.4 is 5.32 Å². The van der Waals surface area contributed by atoms with Gasteiger partial charge in [0.05, 0.1) is 0 Å². The van der Waals surface area contributed by atoms with Gasteiger partial charge in [0.25, 0.3) is 0 Å². The van der Waals surface area contributed by atoms with Gasteiger partial charge in [-0.3, -0.25) is 0 Å². The summed E-state index contributed by atoms with van der Waals surface area (Å²) in [5, 5.41) is 2.90. The monoisotopic (exact) mass is 103 g/mol. The van der Waals surface area contributed by atoms with Gasteiger partial charge in [-0.15, -0.1) is 8.58 Å². The van der Waals surface area contributed by atoms with Gasteiger partial charge in [0.2, 0.25) is 0 Å². The van der Waals surface area contributed by atoms with Gasteiger partial charge in [-0.05, 0) is 18.7 Å². The van der Waals surface area contributed by atoms with E-state index in [9.17, 15) is 0 Å². The highest BCUT2D eigenvalue weighted by Gasteiger charge is 1.56. The Morgan fingerprint density at radius 3 is 2.50 bits per heavy atom. The number of nitrogens with one attached hydrogen (secondary N) is 1. The van der Waals surface area contributed by atoms with E-state index >= 15 is 0 Å². The minimum atomic E-state index is 0.922. The topological polar surface area (TPSA) is 12.0 Å². The van der Waals surface area contributed by atoms with Crippen LogP contribution in [0.15, 0.2) is 12.0 Å². The van der Waals surface area contributed by atoms with E-state index < -0.39 is 0 Å². The Kier molecular flexibility index (Phi) is 4.95. The molecule has 0 bridgehead atoms. The van der Waals surface area contributed by atoms with Crippen molar-refractivity contribution < 1.29 is 0 Å². The highest BCUT2D eigenvalue weighted by Crippen LogP contribution is 1.99. The van der Waals surface area contributed by atoms with E-state index in [0.717, 1.165) is 8.58 Å². The maximum Gasteiger partial charge on any atom is 0.00277 e. The lowest BCUT2D eigenvalue weighted by molar-refractivity contribution is 1.11. The van der Waals surface area contributed by atoms with Gasteiger partial charge < -0.3 is 5.32 Å². The van der Waals surface area contributed by atoms with Crippen LogP contribution in [0.2, 0.25) is 0 Å². The summed E-state index contributed by atoms with van der Waals surface area (Å²) in [5.74, 6) is 2.10. The second-order valence-electron chi connectivity index (χ2n) is 0.911. The van der Waals surface area contributed by atoms with Crippen LogP contribution in [0.4, 0.5) is 0 Å². The summed E-state index contributed by atoms with van der Waals surface area (Å²) in [7, 11) is 2.82. The van der Waals surface area contributed by atoms with Crippen molar-refractivity contribution in [2.24, 2.45) is 0 Å². The maximum atomic E-state index is 2.90. The van der Waals surface area contributed by atoms with Crippen molar-refractivity contribution in [1.82, 2.24) is 5.32 Å². The Balaban J connectivity index is 2.73. The largest absolute Gasteiger partial charge is 0.394 e. The highest BCUT2D eigenvalue weighted by molar-refractivity contribution is 7.40. The summed E-state index contributed by atoms with van der Waals surface area (Å²) in [6.45, 7) is 2.13. The SMILES string of the molecule is CN/C=C/PC. The van der Waals surface area contributed by atoms with Gasteiger partial charge in [-0.25, -0.2) is 0 Å². The molecule has 1 atom stereocenters. The molecule has 0 aliphatic rings. The second-order valence-corrected chi connectivity index (χ2v) is 1.82. The Labute approximate surface area is 40.6 Å². The van der Waals surface area contributed by atoms with Crippen LogP contribution >= 0.6 is 8.58 Å². The fourth-order valence-electron chi connectivity index (χ4n) is 0.167. The Bertz CT molecular complexity index is 36.8. The molecular formula is C4H10NP. The molecule has 0 radical (unpaired) electrons. The molecule has 0 saturated heterocycles. The van der Waals surface area contributed by atoms with Crippen molar-refractivity contribution in [3.63, 3.8) is 0 Å². The lowest BCUT2D eigenvalue weighted by Crippen LogP contribution is -1.88. The van der Waals surface area contributed by atoms with E-state index in [1.165, 1.54) is 0 Å². The van der Waals surface area contributed by atoms with Gasteiger partial charge >= 0.3 is 0 Å². The number of hydrogen-bond acceptors (Lipinski definition) is 1. The van der Waals surface area contributed by atoms with Crippen LogP contribution in [0, 0.1) is 0 Å². The van der Waals surface area contributed by atoms with Crippen LogP contribution in [0.5, 0.6) is 0 Å². The Morgan fingerprint density at radius 2 is 2.33 bits per heavy atom. The predicted molar refractivity (Wildman–Crippen MR) is 32.4 cm³/mol. The Morgan fingerprint density at radius 1 is 1.67 bits per heavy atom. The molecule has 36 valence electrons. The third kappa shape index (κ3) is 3.97. The third-order valence-corrected chi connectivity index (χ3v) is 0.917. The average Bonchev–Trinajstić information content (AvgIpc) is 1.61. The first-order valence-corrected chi connectivity index (χ1v) is 3.49. The van der Waals surface area contributed by atoms with E-state index in [0.29, 0.717) is 0 Å². The molecule has 0 aliphatic heterocycles. The molecule has 0 amide bonds. The predicted octanol–water partition coefficient (Wildman–Crippen LogP) is 0.985. The number of hydrogen-bond donors (Lipinski definition) is 1. The Hall–Kier alpha value is -0.0300. The van der Waals surface area contributed by atoms with Crippen LogP contribution in [-0.4, -0.2) is 13.7 Å². The van der Waals surface area contributed by atoms with Crippen LogP contribution in [0.25, 0.3) is 0 Å². The quantitative estimate of drug-likeness (QED) is 0.514. The average molecular weight is 103 g/mol. The fourth-order valence-corrected chi connectivity index (χ4v) is 0.500. The molecule has 0 aromatic rings. The molecule has 0 aliphatic carbocycles. The van der Waals surface area contributed by atoms with Crippen molar-refractivity contribution in [3.8, 4) is 0 Å². The summed E-state index contributed by atoms with van der Waals surface area (Å²) < 4.78 is 0. The first-order valence-electron chi connectivity index (χ1n) is 1.91. The van der Waals surface area contributed by atoms with Crippen LogP contribution in [0.1, 0.15) is 0 Å². The first-order chi connectivity index (χ1) is 2.91. The highest BCUT2D eigenvalue weighted by atomic mass is 31.1. The standard InChI is InChI=1S/C4H10NP/c1-5-3-4-6-2/h3-6H,1-2H3/b4-3+. The summed E-state index contributed by atoms with van der Waals surface area (Å²) in [6.07, 6.45) is 1.94. The molecule has 6 heavy (non-hydrogen) atoms. The normalized spacial score (nSPS) is 11.7. The molecule has 0 spiro atoms. The van der Waals surface area contributed by atoms with E-state index in [2.05, 4.69) is 17.8 Å². The van der Waals surface area contributed by atoms with Gasteiger partial charge in [0.15, 0.2) is 0 Å². The van der Waals surface area contributed by atoms with Crippen LogP contribution in [-0.2, 0) is 0 Å². The van der Waals surface area contributed by atoms with Crippen molar-refractivity contribution in [2.45, 2.75) is 0 Å². The van der Waals surface area contributed by atoms with E-state index in [-0.39, 0.29) is 0 Å². The molecule has 1 nitrogen and oxygen atoms in total. The van der Waals surface area contributed by atoms with Crippen molar-refractivity contribution >= 4 is 8.58 Å². The third-order valence-electron chi connectivity index (χ3n) is 0.417. The molecule has 1 unspecified atom stereocenters. The summed E-state index contributed by atoms with van der Waals surface area (Å²) in [5.41, 5.74) is 0. The lowest BCUT2D eigenvalue weighted by atomic mass is 11.0. The first kappa shape index (κ1) is 5.97. The van der Waals surface area contributed by atoms with Crippen LogP contribution in [0.3, 0.4) is 0 Å². The zero-order chi connectivity index (χ0) is 4.83. The smallest absolute Gasteiger partial charge is 0.00277 e. The van der Waals surface area contributed by atoms with E-state index in [1.54, 1.807) is 0 Å². The zero-order valence-corrected chi connectivity index (χ0v) is 5.15. The molecule has 0 aromatic carbocycles. The van der Waals surface area contributed by atoms with Crippen molar-refractivity contribution in [3.05, 3.63) is 12.0 Å². The molecule has 0 rings (SSSR count). The molecule has 0 aromatic heterocycles. The molecular weight excluding hydrogens is 93.0 g/mol. The number of rotatable bonds is 2. The minimum absolute atomic E-state index is 0.922.